The minimum absolute atomic E-state index is 0.0442. The van der Waals surface area contributed by atoms with Crippen LogP contribution in [0.3, 0.4) is 0 Å². The fraction of sp³-hybridized carbons (Fsp3) is 0.917. The van der Waals surface area contributed by atoms with E-state index in [1.54, 1.807) is 0 Å². The maximum absolute atomic E-state index is 9.03. The van der Waals surface area contributed by atoms with Gasteiger partial charge in [0.15, 0.2) is 0 Å². The highest BCUT2D eigenvalue weighted by molar-refractivity contribution is 4.93. The quantitative estimate of drug-likeness (QED) is 0.722. The van der Waals surface area contributed by atoms with Crippen molar-refractivity contribution in [2.24, 2.45) is 5.73 Å². The monoisotopic (exact) mass is 209 g/mol. The molecule has 0 aromatic carbocycles. The molecule has 86 valence electrons. The number of rotatable bonds is 4. The molecule has 1 saturated carbocycles. The zero-order chi connectivity index (χ0) is 11.3. The lowest BCUT2D eigenvalue weighted by atomic mass is 9.92. The van der Waals surface area contributed by atoms with E-state index in [0.717, 1.165) is 6.42 Å². The van der Waals surface area contributed by atoms with Crippen LogP contribution < -0.4 is 5.73 Å². The van der Waals surface area contributed by atoms with Crippen molar-refractivity contribution in [1.29, 1.82) is 5.26 Å². The lowest BCUT2D eigenvalue weighted by Crippen LogP contribution is -2.52. The molecule has 0 radical (unpaired) electrons. The van der Waals surface area contributed by atoms with Gasteiger partial charge in [0.2, 0.25) is 0 Å². The third kappa shape index (κ3) is 3.19. The average Bonchev–Trinajstić information content (AvgIpc) is 2.30. The van der Waals surface area contributed by atoms with Crippen molar-refractivity contribution < 1.29 is 0 Å². The summed E-state index contributed by atoms with van der Waals surface area (Å²) >= 11 is 0. The Morgan fingerprint density at radius 3 is 2.47 bits per heavy atom. The van der Waals surface area contributed by atoms with Crippen LogP contribution in [-0.2, 0) is 0 Å². The standard InChI is InChI=1S/C12H23N3/c1-3-12(14)15(10(2)9-13)11-7-5-4-6-8-11/h10-12H,3-8,14H2,1-2H3. The first-order valence-corrected chi connectivity index (χ1v) is 6.13. The van der Waals surface area contributed by atoms with Gasteiger partial charge in [0, 0.05) is 6.04 Å². The van der Waals surface area contributed by atoms with Gasteiger partial charge in [0.25, 0.3) is 0 Å². The molecule has 0 aromatic heterocycles. The molecule has 15 heavy (non-hydrogen) atoms. The molecule has 0 amide bonds. The summed E-state index contributed by atoms with van der Waals surface area (Å²) in [5, 5.41) is 9.03. The van der Waals surface area contributed by atoms with Crippen LogP contribution >= 0.6 is 0 Å². The number of nitriles is 1. The fourth-order valence-electron chi connectivity index (χ4n) is 2.53. The zero-order valence-corrected chi connectivity index (χ0v) is 9.95. The molecular weight excluding hydrogens is 186 g/mol. The molecule has 0 aliphatic heterocycles. The molecule has 1 fully saturated rings. The summed E-state index contributed by atoms with van der Waals surface area (Å²) in [6.45, 7) is 4.05. The van der Waals surface area contributed by atoms with Crippen LogP contribution in [0.4, 0.5) is 0 Å². The minimum atomic E-state index is -0.0527. The van der Waals surface area contributed by atoms with Crippen LogP contribution in [0.2, 0.25) is 0 Å². The van der Waals surface area contributed by atoms with E-state index in [-0.39, 0.29) is 12.2 Å². The molecule has 1 aliphatic rings. The molecular formula is C12H23N3. The van der Waals surface area contributed by atoms with E-state index in [1.807, 2.05) is 6.92 Å². The van der Waals surface area contributed by atoms with Crippen LogP contribution in [-0.4, -0.2) is 23.1 Å². The summed E-state index contributed by atoms with van der Waals surface area (Å²) < 4.78 is 0. The lowest BCUT2D eigenvalue weighted by molar-refractivity contribution is 0.0847. The average molecular weight is 209 g/mol. The number of hydrogen-bond acceptors (Lipinski definition) is 3. The number of nitrogens with two attached hydrogens (primary N) is 1. The van der Waals surface area contributed by atoms with Crippen molar-refractivity contribution in [3.8, 4) is 6.07 Å². The maximum Gasteiger partial charge on any atom is 0.0963 e. The first kappa shape index (κ1) is 12.5. The van der Waals surface area contributed by atoms with Crippen LogP contribution in [0.15, 0.2) is 0 Å². The predicted molar refractivity (Wildman–Crippen MR) is 62.1 cm³/mol. The Bertz CT molecular complexity index is 215. The molecule has 0 spiro atoms. The van der Waals surface area contributed by atoms with Gasteiger partial charge in [-0.2, -0.15) is 5.26 Å². The number of hydrogen-bond donors (Lipinski definition) is 1. The summed E-state index contributed by atoms with van der Waals surface area (Å²) in [4.78, 5) is 2.22. The Morgan fingerprint density at radius 1 is 1.40 bits per heavy atom. The molecule has 1 rings (SSSR count). The number of nitrogens with zero attached hydrogens (tertiary/aromatic N) is 2. The largest absolute Gasteiger partial charge is 0.316 e. The molecule has 2 unspecified atom stereocenters. The summed E-state index contributed by atoms with van der Waals surface area (Å²) in [6.07, 6.45) is 7.29. The molecule has 2 N–H and O–H groups in total. The lowest BCUT2D eigenvalue weighted by Gasteiger charge is -2.39. The van der Waals surface area contributed by atoms with Crippen molar-refractivity contribution >= 4 is 0 Å². The third-order valence-electron chi connectivity index (χ3n) is 3.43. The van der Waals surface area contributed by atoms with Crippen molar-refractivity contribution in [2.45, 2.75) is 70.6 Å². The zero-order valence-electron chi connectivity index (χ0n) is 9.95. The van der Waals surface area contributed by atoms with Gasteiger partial charge in [-0.1, -0.05) is 26.2 Å². The molecule has 0 saturated heterocycles. The molecule has 3 nitrogen and oxygen atoms in total. The Morgan fingerprint density at radius 2 is 2.00 bits per heavy atom. The van der Waals surface area contributed by atoms with Crippen molar-refractivity contribution in [2.75, 3.05) is 0 Å². The van der Waals surface area contributed by atoms with Crippen LogP contribution in [0, 0.1) is 11.3 Å². The molecule has 2 atom stereocenters. The third-order valence-corrected chi connectivity index (χ3v) is 3.43. The van der Waals surface area contributed by atoms with Crippen LogP contribution in [0.1, 0.15) is 52.4 Å². The highest BCUT2D eigenvalue weighted by atomic mass is 15.3. The predicted octanol–water partition coefficient (Wildman–Crippen LogP) is 2.23. The van der Waals surface area contributed by atoms with E-state index >= 15 is 0 Å². The van der Waals surface area contributed by atoms with E-state index in [2.05, 4.69) is 17.9 Å². The van der Waals surface area contributed by atoms with Crippen LogP contribution in [0.25, 0.3) is 0 Å². The maximum atomic E-state index is 9.03. The second-order valence-electron chi connectivity index (χ2n) is 4.52. The summed E-state index contributed by atoms with van der Waals surface area (Å²) in [5.41, 5.74) is 6.10. The fourth-order valence-corrected chi connectivity index (χ4v) is 2.53. The van der Waals surface area contributed by atoms with Gasteiger partial charge in [0.05, 0.1) is 18.3 Å². The first-order chi connectivity index (χ1) is 7.20. The highest BCUT2D eigenvalue weighted by Crippen LogP contribution is 2.25. The topological polar surface area (TPSA) is 53.0 Å². The van der Waals surface area contributed by atoms with Crippen molar-refractivity contribution in [3.05, 3.63) is 0 Å². The summed E-state index contributed by atoms with van der Waals surface area (Å²) in [5.74, 6) is 0. The van der Waals surface area contributed by atoms with Gasteiger partial charge >= 0.3 is 0 Å². The normalized spacial score (nSPS) is 22.3. The van der Waals surface area contributed by atoms with E-state index in [0.29, 0.717) is 6.04 Å². The van der Waals surface area contributed by atoms with Crippen molar-refractivity contribution in [1.82, 2.24) is 4.90 Å². The van der Waals surface area contributed by atoms with E-state index in [4.69, 9.17) is 11.0 Å². The minimum Gasteiger partial charge on any atom is -0.316 e. The molecule has 0 heterocycles. The molecule has 3 heteroatoms. The first-order valence-electron chi connectivity index (χ1n) is 6.13. The van der Waals surface area contributed by atoms with Gasteiger partial charge in [-0.05, 0) is 26.2 Å². The van der Waals surface area contributed by atoms with E-state index in [9.17, 15) is 0 Å². The SMILES string of the molecule is CCC(N)N(C(C)C#N)C1CCCCC1. The smallest absolute Gasteiger partial charge is 0.0963 e. The van der Waals surface area contributed by atoms with Gasteiger partial charge in [-0.25, -0.2) is 0 Å². The summed E-state index contributed by atoms with van der Waals surface area (Å²) in [7, 11) is 0. The Labute approximate surface area is 93.2 Å². The van der Waals surface area contributed by atoms with Gasteiger partial charge in [-0.3, -0.25) is 4.90 Å². The molecule has 1 aliphatic carbocycles. The Balaban J connectivity index is 2.66. The highest BCUT2D eigenvalue weighted by Gasteiger charge is 2.28. The molecule has 0 bridgehead atoms. The van der Waals surface area contributed by atoms with E-state index in [1.165, 1.54) is 32.1 Å². The van der Waals surface area contributed by atoms with Gasteiger partial charge < -0.3 is 5.73 Å². The van der Waals surface area contributed by atoms with Gasteiger partial charge in [0.1, 0.15) is 0 Å². The van der Waals surface area contributed by atoms with Gasteiger partial charge in [-0.15, -0.1) is 0 Å². The van der Waals surface area contributed by atoms with E-state index < -0.39 is 0 Å². The second kappa shape index (κ2) is 6.09. The Kier molecular flexibility index (Phi) is 5.07. The summed E-state index contributed by atoms with van der Waals surface area (Å²) in [6, 6.07) is 2.80. The van der Waals surface area contributed by atoms with Crippen molar-refractivity contribution in [3.63, 3.8) is 0 Å². The second-order valence-corrected chi connectivity index (χ2v) is 4.52. The van der Waals surface area contributed by atoms with Crippen LogP contribution in [0.5, 0.6) is 0 Å². The molecule has 0 aromatic rings. The Hall–Kier alpha value is -0.590.